The second kappa shape index (κ2) is 6.76. The monoisotopic (exact) mass is 298 g/mol. The zero-order valence-electron chi connectivity index (χ0n) is 6.72. The highest BCUT2D eigenvalue weighted by Crippen LogP contribution is 2.17. The molecule has 1 heterocycles. The number of alkyl halides is 1. The van der Waals surface area contributed by atoms with Crippen LogP contribution in [-0.4, -0.2) is 24.3 Å². The maximum Gasteiger partial charge on any atom is 0.317 e. The molecule has 10 heteroatoms. The Kier molecular flexibility index (Phi) is 6.92. The lowest BCUT2D eigenvalue weighted by Gasteiger charge is -1.99. The summed E-state index contributed by atoms with van der Waals surface area (Å²) in [6, 6.07) is 0. The predicted octanol–water partition coefficient (Wildman–Crippen LogP) is 2.13. The minimum Gasteiger partial charge on any atom is -0.360 e. The third-order valence-electron chi connectivity index (χ3n) is 0.818. The van der Waals surface area contributed by atoms with Gasteiger partial charge in [-0.1, -0.05) is 11.6 Å². The lowest BCUT2D eigenvalue weighted by Crippen LogP contribution is -1.91. The van der Waals surface area contributed by atoms with Gasteiger partial charge in [-0.3, -0.25) is 0 Å². The van der Waals surface area contributed by atoms with E-state index in [4.69, 9.17) is 24.8 Å². The van der Waals surface area contributed by atoms with Crippen LogP contribution < -0.4 is 0 Å². The molecule has 0 aliphatic rings. The maximum absolute atomic E-state index is 9.16. The molecule has 0 aliphatic carbocycles. The number of hydrogen-bond acceptors (Lipinski definition) is 6. The summed E-state index contributed by atoms with van der Waals surface area (Å²) in [5.41, 5.74) is 0.216. The molecule has 1 atom stereocenters. The first-order chi connectivity index (χ1) is 6.34. The van der Waals surface area contributed by atoms with Crippen molar-refractivity contribution in [2.24, 2.45) is 0 Å². The highest BCUT2D eigenvalue weighted by atomic mass is 36.0. The van der Waals surface area contributed by atoms with Crippen LogP contribution in [0.1, 0.15) is 11.3 Å². The van der Waals surface area contributed by atoms with Gasteiger partial charge in [0.25, 0.3) is 0 Å². The van der Waals surface area contributed by atoms with E-state index in [2.05, 4.69) is 30.1 Å². The first-order valence-electron chi connectivity index (χ1n) is 2.93. The molecule has 1 rings (SSSR count). The summed E-state index contributed by atoms with van der Waals surface area (Å²) in [7, 11) is 6.34. The fourth-order valence-corrected chi connectivity index (χ4v) is 0.995. The van der Waals surface area contributed by atoms with Gasteiger partial charge in [0.2, 0.25) is 0 Å². The Morgan fingerprint density at radius 2 is 2.07 bits per heavy atom. The SMILES string of the molecule is COC(Cl)c1cnsn1.O=S(=O)(Cl)Cl. The van der Waals surface area contributed by atoms with Gasteiger partial charge >= 0.3 is 8.26 Å². The normalized spacial score (nSPS) is 12.9. The zero-order valence-corrected chi connectivity index (χ0v) is 10.6. The molecule has 0 amide bonds. The Hall–Kier alpha value is 0.340. The molecule has 0 radical (unpaired) electrons. The van der Waals surface area contributed by atoms with Gasteiger partial charge in [-0.15, -0.1) is 0 Å². The summed E-state index contributed by atoms with van der Waals surface area (Å²) in [5, 5.41) is 0. The summed E-state index contributed by atoms with van der Waals surface area (Å²) >= 11 is 6.73. The van der Waals surface area contributed by atoms with E-state index in [1.165, 1.54) is 7.11 Å². The van der Waals surface area contributed by atoms with Crippen molar-refractivity contribution >= 4 is 53.0 Å². The number of halogens is 3. The Morgan fingerprint density at radius 3 is 2.36 bits per heavy atom. The van der Waals surface area contributed by atoms with Crippen LogP contribution in [0, 0.1) is 0 Å². The van der Waals surface area contributed by atoms with E-state index in [9.17, 15) is 0 Å². The molecule has 14 heavy (non-hydrogen) atoms. The Balaban J connectivity index is 0.000000292. The third kappa shape index (κ3) is 8.92. The quantitative estimate of drug-likeness (QED) is 0.618. The summed E-state index contributed by atoms with van der Waals surface area (Å²) in [4.78, 5) is 0. The van der Waals surface area contributed by atoms with Crippen molar-refractivity contribution in [3.8, 4) is 0 Å². The maximum atomic E-state index is 9.16. The van der Waals surface area contributed by atoms with E-state index in [1.807, 2.05) is 0 Å². The van der Waals surface area contributed by atoms with Crippen LogP contribution >= 0.6 is 44.7 Å². The highest BCUT2D eigenvalue weighted by molar-refractivity contribution is 8.31. The van der Waals surface area contributed by atoms with Crippen LogP contribution in [0.5, 0.6) is 0 Å². The molecule has 1 aromatic heterocycles. The number of hydrogen-bond donors (Lipinski definition) is 0. The molecular formula is C4H5Cl3N2O3S2. The first-order valence-corrected chi connectivity index (χ1v) is 7.23. The van der Waals surface area contributed by atoms with Crippen molar-refractivity contribution in [1.82, 2.24) is 8.75 Å². The molecule has 0 spiro atoms. The van der Waals surface area contributed by atoms with Gasteiger partial charge in [-0.05, 0) is 0 Å². The van der Waals surface area contributed by atoms with Crippen molar-refractivity contribution in [3.63, 3.8) is 0 Å². The van der Waals surface area contributed by atoms with Gasteiger partial charge in [-0.2, -0.15) is 17.2 Å². The van der Waals surface area contributed by atoms with Crippen LogP contribution in [0.3, 0.4) is 0 Å². The van der Waals surface area contributed by atoms with Crippen molar-refractivity contribution in [2.75, 3.05) is 7.11 Å². The molecule has 0 aliphatic heterocycles. The standard InChI is InChI=1S/C4H5ClN2OS.Cl2O2S/c1-8-4(5)3-2-6-9-7-3;1-5(2,3)4/h2,4H,1H3;. The summed E-state index contributed by atoms with van der Waals surface area (Å²) in [6.07, 6.45) is 1.59. The number of rotatable bonds is 2. The first kappa shape index (κ1) is 14.3. The van der Waals surface area contributed by atoms with Crippen LogP contribution in [0.4, 0.5) is 0 Å². The van der Waals surface area contributed by atoms with Crippen LogP contribution in [0.25, 0.3) is 0 Å². The van der Waals surface area contributed by atoms with E-state index in [0.717, 1.165) is 11.7 Å². The number of ether oxygens (including phenoxy) is 1. The zero-order chi connectivity index (χ0) is 11.2. The summed E-state index contributed by atoms with van der Waals surface area (Å²) in [6.45, 7) is 0. The fraction of sp³-hybridized carbons (Fsp3) is 0.500. The van der Waals surface area contributed by atoms with Gasteiger partial charge in [0.15, 0.2) is 5.56 Å². The highest BCUT2D eigenvalue weighted by Gasteiger charge is 2.07. The topological polar surface area (TPSA) is 69.2 Å². The van der Waals surface area contributed by atoms with Gasteiger partial charge in [0, 0.05) is 28.5 Å². The Morgan fingerprint density at radius 1 is 1.57 bits per heavy atom. The molecule has 1 unspecified atom stereocenters. The van der Waals surface area contributed by atoms with E-state index < -0.39 is 13.8 Å². The Bertz CT molecular complexity index is 333. The van der Waals surface area contributed by atoms with E-state index in [1.54, 1.807) is 6.20 Å². The van der Waals surface area contributed by atoms with E-state index in [-0.39, 0.29) is 0 Å². The van der Waals surface area contributed by atoms with E-state index >= 15 is 0 Å². The van der Waals surface area contributed by atoms with Crippen LogP contribution in [0.2, 0.25) is 0 Å². The Labute approximate surface area is 99.2 Å². The molecular weight excluding hydrogens is 295 g/mol. The van der Waals surface area contributed by atoms with Gasteiger partial charge < -0.3 is 4.74 Å². The minimum absolute atomic E-state index is 0.455. The van der Waals surface area contributed by atoms with Gasteiger partial charge in [-0.25, -0.2) is 0 Å². The minimum atomic E-state index is -3.72. The number of methoxy groups -OCH3 is 1. The van der Waals surface area contributed by atoms with Crippen LogP contribution in [0.15, 0.2) is 6.20 Å². The molecule has 0 aromatic carbocycles. The lowest BCUT2D eigenvalue weighted by molar-refractivity contribution is 0.167. The second-order valence-corrected chi connectivity index (χ2v) is 6.38. The third-order valence-corrected chi connectivity index (χ3v) is 1.71. The largest absolute Gasteiger partial charge is 0.360 e. The van der Waals surface area contributed by atoms with Crippen molar-refractivity contribution in [3.05, 3.63) is 11.9 Å². The lowest BCUT2D eigenvalue weighted by atomic mass is 10.5. The molecule has 0 saturated carbocycles. The average Bonchev–Trinajstić information content (AvgIpc) is 2.51. The molecule has 0 N–H and O–H groups in total. The molecule has 1 aromatic rings. The van der Waals surface area contributed by atoms with Crippen molar-refractivity contribution in [1.29, 1.82) is 0 Å². The number of nitrogens with zero attached hydrogens (tertiary/aromatic N) is 2. The molecule has 5 nitrogen and oxygen atoms in total. The summed E-state index contributed by atoms with van der Waals surface area (Å²) < 4.78 is 30.7. The predicted molar refractivity (Wildman–Crippen MR) is 56.1 cm³/mol. The summed E-state index contributed by atoms with van der Waals surface area (Å²) in [5.74, 6) is 0. The second-order valence-electron chi connectivity index (χ2n) is 1.76. The molecule has 0 saturated heterocycles. The van der Waals surface area contributed by atoms with Crippen molar-refractivity contribution < 1.29 is 13.2 Å². The smallest absolute Gasteiger partial charge is 0.317 e. The number of aromatic nitrogens is 2. The molecule has 0 fully saturated rings. The van der Waals surface area contributed by atoms with Crippen LogP contribution in [-0.2, 0) is 13.0 Å². The molecule has 0 bridgehead atoms. The fourth-order valence-electron chi connectivity index (χ4n) is 0.393. The van der Waals surface area contributed by atoms with Gasteiger partial charge in [0.1, 0.15) is 5.69 Å². The van der Waals surface area contributed by atoms with Gasteiger partial charge in [0.05, 0.1) is 17.9 Å². The average molecular weight is 300 g/mol. The van der Waals surface area contributed by atoms with E-state index in [0.29, 0.717) is 5.69 Å². The van der Waals surface area contributed by atoms with Crippen molar-refractivity contribution in [2.45, 2.75) is 5.56 Å². The molecule has 82 valence electrons.